The van der Waals surface area contributed by atoms with Gasteiger partial charge in [0.2, 0.25) is 0 Å². The minimum Gasteiger partial charge on any atom is -0.399 e. The fraction of sp³-hybridized carbons (Fsp3) is 0. The van der Waals surface area contributed by atoms with Crippen molar-refractivity contribution in [2.45, 2.75) is 0 Å². The fourth-order valence-electron chi connectivity index (χ4n) is 1.33. The predicted octanol–water partition coefficient (Wildman–Crippen LogP) is 1.11. The quantitative estimate of drug-likeness (QED) is 0.275. The van der Waals surface area contributed by atoms with Crippen molar-refractivity contribution in [2.75, 3.05) is 11.5 Å². The number of hydrogen-bond acceptors (Lipinski definition) is 4. The molecule has 2 rings (SSSR count). The van der Waals surface area contributed by atoms with Gasteiger partial charge in [-0.25, -0.2) is 0 Å². The molecule has 0 unspecified atom stereocenters. The van der Waals surface area contributed by atoms with Crippen LogP contribution in [0, 0.1) is 10.8 Å². The molecule has 6 nitrogen and oxygen atoms in total. The maximum Gasteiger partial charge on any atom is 0.122 e. The molecule has 0 spiro atoms. The van der Waals surface area contributed by atoms with Crippen molar-refractivity contribution >= 4 is 23.0 Å². The highest BCUT2D eigenvalue weighted by Crippen LogP contribution is 2.04. The summed E-state index contributed by atoms with van der Waals surface area (Å²) in [6, 6.07) is 13.8. The molecule has 0 fully saturated rings. The Labute approximate surface area is 117 Å². The van der Waals surface area contributed by atoms with E-state index in [2.05, 4.69) is 0 Å². The number of hydrogen-bond donors (Lipinski definition) is 6. The Morgan fingerprint density at radius 2 is 0.850 bits per heavy atom. The van der Waals surface area contributed by atoms with Crippen LogP contribution in [0.15, 0.2) is 48.5 Å². The second kappa shape index (κ2) is 6.79. The van der Waals surface area contributed by atoms with Crippen molar-refractivity contribution in [2.24, 2.45) is 11.5 Å². The van der Waals surface area contributed by atoms with Gasteiger partial charge in [-0.15, -0.1) is 0 Å². The molecule has 0 amide bonds. The van der Waals surface area contributed by atoms with Crippen LogP contribution in [0.1, 0.15) is 11.1 Å². The van der Waals surface area contributed by atoms with Gasteiger partial charge in [0.25, 0.3) is 0 Å². The minimum atomic E-state index is 0.0694. The molecule has 0 saturated carbocycles. The molecule has 0 radical (unpaired) electrons. The number of rotatable bonds is 2. The first-order valence-electron chi connectivity index (χ1n) is 5.80. The van der Waals surface area contributed by atoms with Crippen molar-refractivity contribution in [3.05, 3.63) is 59.7 Å². The third-order valence-corrected chi connectivity index (χ3v) is 2.44. The highest BCUT2D eigenvalue weighted by molar-refractivity contribution is 5.95. The van der Waals surface area contributed by atoms with Crippen LogP contribution < -0.4 is 22.9 Å². The number of amidine groups is 2. The first-order chi connectivity index (χ1) is 9.40. The zero-order valence-corrected chi connectivity index (χ0v) is 10.9. The topological polar surface area (TPSA) is 152 Å². The number of nitrogen functional groups attached to an aromatic ring is 4. The van der Waals surface area contributed by atoms with Gasteiger partial charge in [-0.3, -0.25) is 10.8 Å². The van der Waals surface area contributed by atoms with E-state index in [1.165, 1.54) is 0 Å². The summed E-state index contributed by atoms with van der Waals surface area (Å²) in [6.45, 7) is 0. The summed E-state index contributed by atoms with van der Waals surface area (Å²) in [5, 5.41) is 14.1. The van der Waals surface area contributed by atoms with Gasteiger partial charge < -0.3 is 22.9 Å². The molecule has 0 bridgehead atoms. The second-order valence-corrected chi connectivity index (χ2v) is 4.07. The Kier molecular flexibility index (Phi) is 5.11. The van der Waals surface area contributed by atoms with E-state index < -0.39 is 0 Å². The molecule has 0 aliphatic rings. The summed E-state index contributed by atoms with van der Waals surface area (Å²) >= 11 is 0. The summed E-state index contributed by atoms with van der Waals surface area (Å²) < 4.78 is 0. The van der Waals surface area contributed by atoms with Crippen molar-refractivity contribution in [3.63, 3.8) is 0 Å². The first kappa shape index (κ1) is 15.0. The van der Waals surface area contributed by atoms with Crippen molar-refractivity contribution in [1.82, 2.24) is 0 Å². The standard InChI is InChI=1S/2C7H9N3/c2*8-6-3-1-5(2-4-6)7(9)10/h2*1-4H,8H2,(H3,9,10). The summed E-state index contributed by atoms with van der Waals surface area (Å²) in [5.41, 5.74) is 24.0. The molecule has 0 saturated heterocycles. The van der Waals surface area contributed by atoms with Gasteiger partial charge in [-0.1, -0.05) is 0 Å². The summed E-state index contributed by atoms with van der Waals surface area (Å²) in [5.74, 6) is 0.139. The maximum absolute atomic E-state index is 7.04. The Morgan fingerprint density at radius 1 is 0.600 bits per heavy atom. The smallest absolute Gasteiger partial charge is 0.122 e. The zero-order chi connectivity index (χ0) is 15.1. The van der Waals surface area contributed by atoms with Gasteiger partial charge in [0.15, 0.2) is 0 Å². The Bertz CT molecular complexity index is 531. The molecular weight excluding hydrogens is 252 g/mol. The second-order valence-electron chi connectivity index (χ2n) is 4.07. The Balaban J connectivity index is 0.000000200. The lowest BCUT2D eigenvalue weighted by Crippen LogP contribution is -2.10. The molecule has 20 heavy (non-hydrogen) atoms. The van der Waals surface area contributed by atoms with Crippen molar-refractivity contribution in [1.29, 1.82) is 10.8 Å². The number of nitrogens with two attached hydrogens (primary N) is 4. The minimum absolute atomic E-state index is 0.0694. The normalized spacial score (nSPS) is 9.20. The van der Waals surface area contributed by atoms with Crippen LogP contribution in [0.2, 0.25) is 0 Å². The molecule has 0 aromatic heterocycles. The number of nitrogens with one attached hydrogen (secondary N) is 2. The maximum atomic E-state index is 7.04. The molecule has 2 aromatic rings. The summed E-state index contributed by atoms with van der Waals surface area (Å²) in [4.78, 5) is 0. The Morgan fingerprint density at radius 3 is 1.05 bits per heavy atom. The highest BCUT2D eigenvalue weighted by atomic mass is 14.7. The van der Waals surface area contributed by atoms with Gasteiger partial charge in [-0.05, 0) is 48.5 Å². The van der Waals surface area contributed by atoms with E-state index in [9.17, 15) is 0 Å². The summed E-state index contributed by atoms with van der Waals surface area (Å²) in [7, 11) is 0. The molecular formula is C14H18N6. The Hall–Kier alpha value is -3.02. The van der Waals surface area contributed by atoms with E-state index in [1.807, 2.05) is 0 Å². The van der Waals surface area contributed by atoms with Crippen molar-refractivity contribution < 1.29 is 0 Å². The third-order valence-electron chi connectivity index (χ3n) is 2.44. The number of anilines is 2. The van der Waals surface area contributed by atoms with Crippen LogP contribution in [0.5, 0.6) is 0 Å². The summed E-state index contributed by atoms with van der Waals surface area (Å²) in [6.07, 6.45) is 0. The van der Waals surface area contributed by atoms with E-state index in [1.54, 1.807) is 48.5 Å². The molecule has 0 aliphatic heterocycles. The van der Waals surface area contributed by atoms with E-state index in [0.29, 0.717) is 22.5 Å². The largest absolute Gasteiger partial charge is 0.399 e. The monoisotopic (exact) mass is 270 g/mol. The lowest BCUT2D eigenvalue weighted by atomic mass is 10.2. The molecule has 0 heterocycles. The lowest BCUT2D eigenvalue weighted by molar-refractivity contribution is 1.42. The third kappa shape index (κ3) is 4.69. The van der Waals surface area contributed by atoms with Gasteiger partial charge in [-0.2, -0.15) is 0 Å². The SMILES string of the molecule is N=C(N)c1ccc(N)cc1.N=C(N)c1ccc(N)cc1. The van der Waals surface area contributed by atoms with Gasteiger partial charge in [0.05, 0.1) is 0 Å². The van der Waals surface area contributed by atoms with E-state index in [4.69, 9.17) is 33.8 Å². The molecule has 0 atom stereocenters. The molecule has 2 aromatic carbocycles. The first-order valence-corrected chi connectivity index (χ1v) is 5.80. The fourth-order valence-corrected chi connectivity index (χ4v) is 1.33. The van der Waals surface area contributed by atoms with E-state index in [0.717, 1.165) is 0 Å². The van der Waals surface area contributed by atoms with Gasteiger partial charge >= 0.3 is 0 Å². The van der Waals surface area contributed by atoms with Gasteiger partial charge in [0, 0.05) is 22.5 Å². The van der Waals surface area contributed by atoms with Crippen LogP contribution in [0.25, 0.3) is 0 Å². The zero-order valence-electron chi connectivity index (χ0n) is 10.9. The average molecular weight is 270 g/mol. The van der Waals surface area contributed by atoms with Crippen LogP contribution in [-0.2, 0) is 0 Å². The highest BCUT2D eigenvalue weighted by Gasteiger charge is 1.93. The predicted molar refractivity (Wildman–Crippen MR) is 83.7 cm³/mol. The molecule has 6 heteroatoms. The van der Waals surface area contributed by atoms with Crippen LogP contribution in [0.4, 0.5) is 11.4 Å². The number of benzene rings is 2. The average Bonchev–Trinajstić information content (AvgIpc) is 2.40. The van der Waals surface area contributed by atoms with Crippen LogP contribution in [0.3, 0.4) is 0 Å². The van der Waals surface area contributed by atoms with Gasteiger partial charge in [0.1, 0.15) is 11.7 Å². The van der Waals surface area contributed by atoms with E-state index >= 15 is 0 Å². The molecule has 104 valence electrons. The van der Waals surface area contributed by atoms with E-state index in [-0.39, 0.29) is 11.7 Å². The molecule has 0 aliphatic carbocycles. The van der Waals surface area contributed by atoms with Crippen molar-refractivity contribution in [3.8, 4) is 0 Å². The lowest BCUT2D eigenvalue weighted by Gasteiger charge is -1.96. The molecule has 10 N–H and O–H groups in total. The van der Waals surface area contributed by atoms with Crippen LogP contribution in [-0.4, -0.2) is 11.7 Å². The van der Waals surface area contributed by atoms with Crippen LogP contribution >= 0.6 is 0 Å².